The summed E-state index contributed by atoms with van der Waals surface area (Å²) in [5.41, 5.74) is 25.6. The smallest absolute Gasteiger partial charge is 0.252 e. The molecule has 15 rings (SSSR count). The van der Waals surface area contributed by atoms with E-state index in [1.54, 1.807) is 0 Å². The molecule has 2 unspecified atom stereocenters. The normalized spacial score (nSPS) is 18.6. The minimum absolute atomic E-state index is 0.0100. The van der Waals surface area contributed by atoms with Gasteiger partial charge in [-0.1, -0.05) is 209 Å². The lowest BCUT2D eigenvalue weighted by Crippen LogP contribution is -2.61. The van der Waals surface area contributed by atoms with Crippen LogP contribution in [-0.2, 0) is 32.5 Å². The molecule has 3 aliphatic heterocycles. The number of nitrogens with zero attached hydrogens (tertiary/aromatic N) is 3. The molecule has 444 valence electrons. The van der Waals surface area contributed by atoms with Gasteiger partial charge >= 0.3 is 0 Å². The number of anilines is 8. The van der Waals surface area contributed by atoms with Gasteiger partial charge in [-0.25, -0.2) is 0 Å². The second-order valence-corrected chi connectivity index (χ2v) is 33.2. The van der Waals surface area contributed by atoms with Gasteiger partial charge in [-0.05, 0) is 181 Å². The average Bonchev–Trinajstić information content (AvgIpc) is 1.08. The Kier molecular flexibility index (Phi) is 12.3. The summed E-state index contributed by atoms with van der Waals surface area (Å²) in [5.74, 6) is 0. The summed E-state index contributed by atoms with van der Waals surface area (Å²) in [6.45, 7) is 40.4. The van der Waals surface area contributed by atoms with Crippen molar-refractivity contribution in [1.29, 1.82) is 0 Å². The van der Waals surface area contributed by atoms with Gasteiger partial charge in [-0.15, -0.1) is 11.3 Å². The largest absolute Gasteiger partial charge is 0.456 e. The Morgan fingerprint density at radius 1 is 0.443 bits per heavy atom. The third-order valence-electron chi connectivity index (χ3n) is 21.4. The number of thiophene rings is 1. The second-order valence-electron chi connectivity index (χ2n) is 32.2. The molecule has 88 heavy (non-hydrogen) atoms. The summed E-state index contributed by atoms with van der Waals surface area (Å²) in [6, 6.07) is 64.8. The molecule has 0 amide bonds. The van der Waals surface area contributed by atoms with Crippen molar-refractivity contribution in [1.82, 2.24) is 0 Å². The zero-order valence-electron chi connectivity index (χ0n) is 55.2. The van der Waals surface area contributed by atoms with Crippen molar-refractivity contribution in [2.45, 2.75) is 181 Å². The maximum atomic E-state index is 7.11. The van der Waals surface area contributed by atoms with Crippen LogP contribution in [0, 0.1) is 0 Å². The first-order valence-corrected chi connectivity index (χ1v) is 33.4. The molecule has 2 aromatic heterocycles. The van der Waals surface area contributed by atoms with Gasteiger partial charge in [-0.3, -0.25) is 0 Å². The van der Waals surface area contributed by atoms with E-state index in [0.29, 0.717) is 0 Å². The summed E-state index contributed by atoms with van der Waals surface area (Å²) < 4.78 is 9.73. The first kappa shape index (κ1) is 56.9. The van der Waals surface area contributed by atoms with Gasteiger partial charge in [0, 0.05) is 60.3 Å². The molecule has 0 saturated heterocycles. The molecule has 4 nitrogen and oxygen atoms in total. The van der Waals surface area contributed by atoms with E-state index in [4.69, 9.17) is 4.42 Å². The quantitative estimate of drug-likeness (QED) is 0.164. The number of hydrogen-bond acceptors (Lipinski definition) is 5. The highest BCUT2D eigenvalue weighted by atomic mass is 32.1. The molecule has 9 aromatic carbocycles. The van der Waals surface area contributed by atoms with Crippen LogP contribution in [-0.4, -0.2) is 12.3 Å². The number of furan rings is 1. The summed E-state index contributed by atoms with van der Waals surface area (Å²) in [7, 11) is 0. The van der Waals surface area contributed by atoms with E-state index in [1.165, 1.54) is 140 Å². The molecule has 0 N–H and O–H groups in total. The maximum Gasteiger partial charge on any atom is 0.252 e. The minimum atomic E-state index is -0.229. The lowest BCUT2D eigenvalue weighted by Gasteiger charge is -2.51. The van der Waals surface area contributed by atoms with Crippen LogP contribution in [0.5, 0.6) is 0 Å². The van der Waals surface area contributed by atoms with Crippen molar-refractivity contribution >= 4 is 122 Å². The van der Waals surface area contributed by atoms with Crippen molar-refractivity contribution in [3.05, 3.63) is 197 Å². The fourth-order valence-electron chi connectivity index (χ4n) is 16.0. The second kappa shape index (κ2) is 19.0. The van der Waals surface area contributed by atoms with Gasteiger partial charge < -0.3 is 19.1 Å². The highest BCUT2D eigenvalue weighted by Gasteiger charge is 2.58. The molecule has 2 atom stereocenters. The van der Waals surface area contributed by atoms with E-state index in [1.807, 2.05) is 11.3 Å². The first-order chi connectivity index (χ1) is 41.5. The lowest BCUT2D eigenvalue weighted by molar-refractivity contribution is 0.195. The Morgan fingerprint density at radius 2 is 1.03 bits per heavy atom. The molecule has 0 spiro atoms. The van der Waals surface area contributed by atoms with Gasteiger partial charge in [-0.2, -0.15) is 0 Å². The average molecular weight is 1170 g/mol. The minimum Gasteiger partial charge on any atom is -0.456 e. The van der Waals surface area contributed by atoms with Crippen LogP contribution in [0.4, 0.5) is 45.5 Å². The van der Waals surface area contributed by atoms with Crippen LogP contribution in [0.3, 0.4) is 0 Å². The summed E-state index contributed by atoms with van der Waals surface area (Å²) in [6.07, 6.45) is 4.75. The molecule has 0 radical (unpaired) electrons. The maximum absolute atomic E-state index is 7.11. The Balaban J connectivity index is 1.09. The predicted octanol–water partition coefficient (Wildman–Crippen LogP) is 21.9. The van der Waals surface area contributed by atoms with Crippen LogP contribution in [0.1, 0.15) is 177 Å². The van der Waals surface area contributed by atoms with E-state index in [9.17, 15) is 0 Å². The van der Waals surface area contributed by atoms with Gasteiger partial charge in [0.05, 0.1) is 32.7 Å². The van der Waals surface area contributed by atoms with Crippen molar-refractivity contribution in [2.75, 3.05) is 14.7 Å². The topological polar surface area (TPSA) is 22.9 Å². The fraction of sp³-hybridized carbons (Fsp3) is 0.341. The number of hydrogen-bond donors (Lipinski definition) is 0. The Labute approximate surface area is 527 Å². The lowest BCUT2D eigenvalue weighted by atomic mass is 9.33. The van der Waals surface area contributed by atoms with Crippen molar-refractivity contribution in [2.24, 2.45) is 0 Å². The predicted molar refractivity (Wildman–Crippen MR) is 382 cm³/mol. The highest BCUT2D eigenvalue weighted by Crippen LogP contribution is 2.62. The number of rotatable bonds is 4. The standard InChI is InChI=1S/C82H86BN3OS/c1-76(2,3)50-28-35-63(57(42-50)49-24-19-18-20-25-49)85-68-47-54(80(13,14)15)46-67-73(68)83(62-34-38-70-72(74(62)85)59-44-51(77(4,5)6)30-37-69(59)87-70)61-33-32-55(86-64-36-29-53(79(10,11)12)45-60(64)81(16)40-21-22-41-82(81,86)17)48-66(61)84(67)65-27-23-26-56-58-43-52(78(7,8)9)31-39-71(58)88-75(56)65/h18-20,23-39,42-48H,21-22,40-41H2,1-17H3. The Hall–Kier alpha value is -7.54. The van der Waals surface area contributed by atoms with Gasteiger partial charge in [0.1, 0.15) is 11.2 Å². The van der Waals surface area contributed by atoms with Gasteiger partial charge in [0.25, 0.3) is 6.71 Å². The molecule has 11 aromatic rings. The third kappa shape index (κ3) is 8.42. The molecule has 4 aliphatic rings. The molecule has 1 aliphatic carbocycles. The van der Waals surface area contributed by atoms with E-state index in [0.717, 1.165) is 34.0 Å². The van der Waals surface area contributed by atoms with Crippen LogP contribution in [0.15, 0.2) is 168 Å². The monoisotopic (exact) mass is 1170 g/mol. The fourth-order valence-corrected chi connectivity index (χ4v) is 17.1. The SMILES string of the molecule is CC(C)(C)c1ccc(N2c3cc(C(C)(C)C)cc4c3B(c3ccc(N5c6ccc(C(C)(C)C)cc6C6(C)CCCCC56C)cc3N4c3cccc4c3sc3ccc(C(C)(C)C)cc34)c3ccc4oc5ccc(C(C)(C)C)cc5c4c32)c(-c2ccccc2)c1. The molecule has 0 bridgehead atoms. The Bertz CT molecular complexity index is 4720. The number of fused-ring (bicyclic) bond motifs is 14. The van der Waals surface area contributed by atoms with E-state index < -0.39 is 0 Å². The summed E-state index contributed by atoms with van der Waals surface area (Å²) in [4.78, 5) is 8.24. The van der Waals surface area contributed by atoms with E-state index in [-0.39, 0.29) is 44.7 Å². The van der Waals surface area contributed by atoms with Crippen LogP contribution in [0.25, 0.3) is 53.2 Å². The summed E-state index contributed by atoms with van der Waals surface area (Å²) in [5, 5.41) is 4.94. The summed E-state index contributed by atoms with van der Waals surface area (Å²) >= 11 is 1.94. The van der Waals surface area contributed by atoms with Crippen LogP contribution >= 0.6 is 11.3 Å². The van der Waals surface area contributed by atoms with Crippen molar-refractivity contribution in [3.8, 4) is 11.1 Å². The molecular formula is C82H86BN3OS. The molecule has 1 fully saturated rings. The van der Waals surface area contributed by atoms with Crippen LogP contribution < -0.4 is 31.1 Å². The van der Waals surface area contributed by atoms with E-state index in [2.05, 4.69) is 296 Å². The molecule has 5 heterocycles. The van der Waals surface area contributed by atoms with E-state index >= 15 is 0 Å². The van der Waals surface area contributed by atoms with Crippen LogP contribution in [0.2, 0.25) is 0 Å². The zero-order valence-corrected chi connectivity index (χ0v) is 56.0. The first-order valence-electron chi connectivity index (χ1n) is 32.6. The molecule has 1 saturated carbocycles. The van der Waals surface area contributed by atoms with Crippen molar-refractivity contribution < 1.29 is 4.42 Å². The van der Waals surface area contributed by atoms with Gasteiger partial charge in [0.2, 0.25) is 0 Å². The Morgan fingerprint density at radius 3 is 1.73 bits per heavy atom. The highest BCUT2D eigenvalue weighted by molar-refractivity contribution is 7.26. The van der Waals surface area contributed by atoms with Gasteiger partial charge in [0.15, 0.2) is 0 Å². The zero-order chi connectivity index (χ0) is 61.7. The molecular weight excluding hydrogens is 1090 g/mol. The third-order valence-corrected chi connectivity index (χ3v) is 22.6. The van der Waals surface area contributed by atoms with Crippen molar-refractivity contribution in [3.63, 3.8) is 0 Å². The molecule has 6 heteroatoms. The number of benzene rings is 9.